The Morgan fingerprint density at radius 3 is 2.33 bits per heavy atom. The number of amidine groups is 1. The smallest absolute Gasteiger partial charge is 0.247 e. The Labute approximate surface area is 163 Å². The van der Waals surface area contributed by atoms with Gasteiger partial charge in [-0.2, -0.15) is 0 Å². The number of benzene rings is 3. The SMILES string of the molecule is Cc1cccc(CC2SC(=Nc3ccccc3)N(c3ccccc3)C2=O)c1. The number of para-hydroxylation sites is 2. The Bertz CT molecular complexity index is 970. The van der Waals surface area contributed by atoms with E-state index in [2.05, 4.69) is 25.1 Å². The van der Waals surface area contributed by atoms with Crippen LogP contribution in [-0.2, 0) is 11.2 Å². The van der Waals surface area contributed by atoms with Gasteiger partial charge in [0.15, 0.2) is 5.17 Å². The molecule has 3 aromatic rings. The van der Waals surface area contributed by atoms with Crippen LogP contribution in [0.25, 0.3) is 0 Å². The maximum Gasteiger partial charge on any atom is 0.247 e. The van der Waals surface area contributed by atoms with Gasteiger partial charge in [-0.3, -0.25) is 9.69 Å². The summed E-state index contributed by atoms with van der Waals surface area (Å²) in [6.07, 6.45) is 0.697. The minimum Gasteiger partial charge on any atom is -0.273 e. The van der Waals surface area contributed by atoms with E-state index in [1.807, 2.05) is 66.7 Å². The lowest BCUT2D eigenvalue weighted by molar-refractivity contribution is -0.116. The van der Waals surface area contributed by atoms with Gasteiger partial charge in [-0.15, -0.1) is 0 Å². The number of carbonyl (C=O) groups excluding carboxylic acids is 1. The Morgan fingerprint density at radius 2 is 1.63 bits per heavy atom. The molecule has 1 aliphatic heterocycles. The minimum absolute atomic E-state index is 0.0855. The van der Waals surface area contributed by atoms with Gasteiger partial charge in [0.2, 0.25) is 5.91 Å². The zero-order valence-corrected chi connectivity index (χ0v) is 15.9. The number of anilines is 1. The van der Waals surface area contributed by atoms with Crippen molar-refractivity contribution >= 4 is 34.2 Å². The molecule has 1 amide bonds. The molecule has 0 saturated carbocycles. The molecule has 134 valence electrons. The van der Waals surface area contributed by atoms with Crippen molar-refractivity contribution in [3.63, 3.8) is 0 Å². The molecule has 1 fully saturated rings. The molecule has 1 unspecified atom stereocenters. The van der Waals surface area contributed by atoms with Gasteiger partial charge in [-0.25, -0.2) is 4.99 Å². The van der Waals surface area contributed by atoms with E-state index in [0.29, 0.717) is 6.42 Å². The second kappa shape index (κ2) is 7.80. The molecule has 0 N–H and O–H groups in total. The largest absolute Gasteiger partial charge is 0.273 e. The van der Waals surface area contributed by atoms with E-state index in [1.54, 1.807) is 16.7 Å². The van der Waals surface area contributed by atoms with Gasteiger partial charge in [-0.05, 0) is 43.2 Å². The van der Waals surface area contributed by atoms with Crippen LogP contribution >= 0.6 is 11.8 Å². The van der Waals surface area contributed by atoms with Crippen molar-refractivity contribution in [3.8, 4) is 0 Å². The normalized spacial score (nSPS) is 18.3. The van der Waals surface area contributed by atoms with Gasteiger partial charge in [0.25, 0.3) is 0 Å². The summed E-state index contributed by atoms with van der Waals surface area (Å²) < 4.78 is 0. The molecule has 3 nitrogen and oxygen atoms in total. The third-order valence-corrected chi connectivity index (χ3v) is 5.57. The molecule has 0 bridgehead atoms. The van der Waals surface area contributed by atoms with Crippen LogP contribution in [0.5, 0.6) is 0 Å². The van der Waals surface area contributed by atoms with E-state index in [1.165, 1.54) is 11.1 Å². The Balaban J connectivity index is 1.68. The van der Waals surface area contributed by atoms with Crippen molar-refractivity contribution in [3.05, 3.63) is 96.1 Å². The second-order valence-electron chi connectivity index (χ2n) is 6.54. The van der Waals surface area contributed by atoms with Crippen LogP contribution in [0.3, 0.4) is 0 Å². The van der Waals surface area contributed by atoms with Crippen LogP contribution in [0.1, 0.15) is 11.1 Å². The lowest BCUT2D eigenvalue weighted by Gasteiger charge is -2.16. The predicted octanol–water partition coefficient (Wildman–Crippen LogP) is 5.37. The van der Waals surface area contributed by atoms with E-state index < -0.39 is 0 Å². The summed E-state index contributed by atoms with van der Waals surface area (Å²) in [5.74, 6) is 0.0855. The summed E-state index contributed by atoms with van der Waals surface area (Å²) in [5, 5.41) is 0.560. The zero-order valence-electron chi connectivity index (χ0n) is 15.1. The number of hydrogen-bond donors (Lipinski definition) is 0. The van der Waals surface area contributed by atoms with E-state index in [-0.39, 0.29) is 11.2 Å². The first-order valence-electron chi connectivity index (χ1n) is 8.96. The molecule has 27 heavy (non-hydrogen) atoms. The van der Waals surface area contributed by atoms with E-state index in [0.717, 1.165) is 16.5 Å². The third kappa shape index (κ3) is 3.96. The van der Waals surface area contributed by atoms with Crippen molar-refractivity contribution in [2.75, 3.05) is 4.90 Å². The summed E-state index contributed by atoms with van der Waals surface area (Å²) in [6.45, 7) is 2.08. The molecule has 1 atom stereocenters. The molecule has 3 aromatic carbocycles. The van der Waals surface area contributed by atoms with Crippen LogP contribution in [0.4, 0.5) is 11.4 Å². The number of amides is 1. The van der Waals surface area contributed by atoms with Crippen LogP contribution in [0.2, 0.25) is 0 Å². The highest BCUT2D eigenvalue weighted by Gasteiger charge is 2.38. The summed E-state index contributed by atoms with van der Waals surface area (Å²) in [5.41, 5.74) is 4.09. The first kappa shape index (κ1) is 17.6. The molecule has 4 heteroatoms. The van der Waals surface area contributed by atoms with Crippen molar-refractivity contribution in [1.82, 2.24) is 0 Å². The maximum atomic E-state index is 13.2. The summed E-state index contributed by atoms with van der Waals surface area (Å²) in [4.78, 5) is 19.7. The van der Waals surface area contributed by atoms with Gasteiger partial charge < -0.3 is 0 Å². The summed E-state index contributed by atoms with van der Waals surface area (Å²) in [6, 6.07) is 27.9. The molecule has 1 heterocycles. The zero-order chi connectivity index (χ0) is 18.6. The van der Waals surface area contributed by atoms with Crippen LogP contribution < -0.4 is 4.90 Å². The topological polar surface area (TPSA) is 32.7 Å². The fraction of sp³-hybridized carbons (Fsp3) is 0.130. The Morgan fingerprint density at radius 1 is 0.926 bits per heavy atom. The second-order valence-corrected chi connectivity index (χ2v) is 7.71. The van der Waals surface area contributed by atoms with Crippen LogP contribution in [0.15, 0.2) is 89.9 Å². The number of hydrogen-bond acceptors (Lipinski definition) is 3. The highest BCUT2D eigenvalue weighted by Crippen LogP contribution is 2.35. The van der Waals surface area contributed by atoms with Gasteiger partial charge >= 0.3 is 0 Å². The van der Waals surface area contributed by atoms with Gasteiger partial charge in [-0.1, -0.05) is 78.0 Å². The standard InChI is InChI=1S/C23H20N2OS/c1-17-9-8-10-18(15-17)16-21-22(26)25(20-13-6-3-7-14-20)23(27-21)24-19-11-4-2-5-12-19/h2-15,21H,16H2,1H3. The first-order valence-corrected chi connectivity index (χ1v) is 9.83. The summed E-state index contributed by atoms with van der Waals surface area (Å²) >= 11 is 1.54. The molecular weight excluding hydrogens is 352 g/mol. The van der Waals surface area contributed by atoms with Crippen LogP contribution in [0, 0.1) is 6.92 Å². The molecule has 0 aromatic heterocycles. The number of carbonyl (C=O) groups is 1. The van der Waals surface area contributed by atoms with Crippen molar-refractivity contribution in [2.24, 2.45) is 4.99 Å². The molecular formula is C23H20N2OS. The van der Waals surface area contributed by atoms with Gasteiger partial charge in [0, 0.05) is 0 Å². The number of rotatable bonds is 4. The average Bonchev–Trinajstić information content (AvgIpc) is 2.98. The monoisotopic (exact) mass is 372 g/mol. The molecule has 0 radical (unpaired) electrons. The average molecular weight is 372 g/mol. The number of thioether (sulfide) groups is 1. The quantitative estimate of drug-likeness (QED) is 0.616. The Hall–Kier alpha value is -2.85. The number of nitrogens with zero attached hydrogens (tertiary/aromatic N) is 2. The van der Waals surface area contributed by atoms with E-state index in [9.17, 15) is 4.79 Å². The predicted molar refractivity (Wildman–Crippen MR) is 114 cm³/mol. The number of aryl methyl sites for hydroxylation is 1. The molecule has 0 aliphatic carbocycles. The van der Waals surface area contributed by atoms with Gasteiger partial charge in [0.05, 0.1) is 16.6 Å². The maximum absolute atomic E-state index is 13.2. The molecule has 1 saturated heterocycles. The fourth-order valence-corrected chi connectivity index (χ4v) is 4.35. The molecule has 4 rings (SSSR count). The minimum atomic E-state index is -0.172. The number of aliphatic imine (C=N–C) groups is 1. The lowest BCUT2D eigenvalue weighted by atomic mass is 10.1. The lowest BCUT2D eigenvalue weighted by Crippen LogP contribution is -2.32. The Kier molecular flexibility index (Phi) is 5.07. The van der Waals surface area contributed by atoms with Gasteiger partial charge in [0.1, 0.15) is 0 Å². The summed E-state index contributed by atoms with van der Waals surface area (Å²) in [7, 11) is 0. The first-order chi connectivity index (χ1) is 13.2. The van der Waals surface area contributed by atoms with Crippen molar-refractivity contribution < 1.29 is 4.79 Å². The fourth-order valence-electron chi connectivity index (χ4n) is 3.15. The molecule has 1 aliphatic rings. The van der Waals surface area contributed by atoms with E-state index >= 15 is 0 Å². The molecule has 0 spiro atoms. The van der Waals surface area contributed by atoms with Crippen molar-refractivity contribution in [2.45, 2.75) is 18.6 Å². The van der Waals surface area contributed by atoms with Crippen molar-refractivity contribution in [1.29, 1.82) is 0 Å². The highest BCUT2D eigenvalue weighted by molar-refractivity contribution is 8.16. The third-order valence-electron chi connectivity index (χ3n) is 4.43. The highest BCUT2D eigenvalue weighted by atomic mass is 32.2. The van der Waals surface area contributed by atoms with E-state index in [4.69, 9.17) is 4.99 Å². The van der Waals surface area contributed by atoms with Crippen LogP contribution in [-0.4, -0.2) is 16.3 Å².